The molecule has 0 saturated heterocycles. The molecule has 0 radical (unpaired) electrons. The van der Waals surface area contributed by atoms with E-state index in [9.17, 15) is 0 Å². The molecular weight excluding hydrogens is 326 g/mol. The molecule has 4 heteroatoms. The highest BCUT2D eigenvalue weighted by Crippen LogP contribution is 2.19. The van der Waals surface area contributed by atoms with Crippen LogP contribution in [0.25, 0.3) is 0 Å². The average molecular weight is 356 g/mol. The molecule has 0 saturated carbocycles. The van der Waals surface area contributed by atoms with Crippen molar-refractivity contribution >= 4 is 15.9 Å². The van der Waals surface area contributed by atoms with Gasteiger partial charge in [-0.25, -0.2) is 0 Å². The smallest absolute Gasteiger partial charge is 0.0329 e. The largest absolute Gasteiger partial charge is 0.313 e. The molecule has 0 bridgehead atoms. The Morgan fingerprint density at radius 2 is 1.76 bits per heavy atom. The van der Waals surface area contributed by atoms with Gasteiger partial charge < -0.3 is 15.1 Å². The van der Waals surface area contributed by atoms with E-state index in [4.69, 9.17) is 0 Å². The second-order valence-corrected chi connectivity index (χ2v) is 6.69. The molecule has 120 valence electrons. The van der Waals surface area contributed by atoms with Crippen molar-refractivity contribution in [3.63, 3.8) is 0 Å². The molecule has 0 amide bonds. The second kappa shape index (κ2) is 10.3. The van der Waals surface area contributed by atoms with Gasteiger partial charge in [-0.2, -0.15) is 0 Å². The van der Waals surface area contributed by atoms with E-state index in [2.05, 4.69) is 83.4 Å². The van der Waals surface area contributed by atoms with E-state index in [1.165, 1.54) is 25.1 Å². The van der Waals surface area contributed by atoms with Gasteiger partial charge in [0.2, 0.25) is 0 Å². The van der Waals surface area contributed by atoms with Gasteiger partial charge in [0.15, 0.2) is 0 Å². The Hall–Kier alpha value is -0.420. The van der Waals surface area contributed by atoms with Gasteiger partial charge >= 0.3 is 0 Å². The Morgan fingerprint density at radius 3 is 2.29 bits per heavy atom. The van der Waals surface area contributed by atoms with Crippen molar-refractivity contribution in [2.45, 2.75) is 25.8 Å². The molecule has 1 rings (SSSR count). The summed E-state index contributed by atoms with van der Waals surface area (Å²) in [6, 6.07) is 9.07. The molecule has 0 heterocycles. The first kappa shape index (κ1) is 18.6. The highest BCUT2D eigenvalue weighted by molar-refractivity contribution is 9.10. The van der Waals surface area contributed by atoms with Gasteiger partial charge in [-0.1, -0.05) is 35.0 Å². The summed E-state index contributed by atoms with van der Waals surface area (Å²) in [4.78, 5) is 4.80. The summed E-state index contributed by atoms with van der Waals surface area (Å²) in [5.74, 6) is 0. The van der Waals surface area contributed by atoms with Gasteiger partial charge in [0.1, 0.15) is 0 Å². The zero-order chi connectivity index (χ0) is 15.7. The molecule has 1 aromatic rings. The van der Waals surface area contributed by atoms with Crippen LogP contribution in [0.2, 0.25) is 0 Å². The Balaban J connectivity index is 2.43. The zero-order valence-corrected chi connectivity index (χ0v) is 15.5. The van der Waals surface area contributed by atoms with Gasteiger partial charge in [0.05, 0.1) is 0 Å². The Morgan fingerprint density at radius 1 is 1.10 bits per heavy atom. The van der Waals surface area contributed by atoms with Crippen molar-refractivity contribution in [1.82, 2.24) is 15.1 Å². The zero-order valence-electron chi connectivity index (χ0n) is 13.9. The first-order chi connectivity index (χ1) is 10.1. The van der Waals surface area contributed by atoms with E-state index in [0.717, 1.165) is 24.0 Å². The van der Waals surface area contributed by atoms with Gasteiger partial charge in [0.25, 0.3) is 0 Å². The summed E-state index contributed by atoms with van der Waals surface area (Å²) in [5.41, 5.74) is 1.37. The van der Waals surface area contributed by atoms with Crippen molar-refractivity contribution in [2.75, 3.05) is 47.3 Å². The minimum Gasteiger partial charge on any atom is -0.313 e. The van der Waals surface area contributed by atoms with Crippen LogP contribution in [-0.2, 0) is 0 Å². The fourth-order valence-electron chi connectivity index (χ4n) is 2.52. The molecule has 0 spiro atoms. The highest BCUT2D eigenvalue weighted by Gasteiger charge is 2.11. The molecule has 1 atom stereocenters. The lowest BCUT2D eigenvalue weighted by atomic mass is 10.0. The fourth-order valence-corrected chi connectivity index (χ4v) is 2.79. The van der Waals surface area contributed by atoms with Crippen LogP contribution < -0.4 is 5.32 Å². The maximum atomic E-state index is 3.50. The summed E-state index contributed by atoms with van der Waals surface area (Å²) in [6.45, 7) is 6.88. The quantitative estimate of drug-likeness (QED) is 0.693. The molecule has 0 aliphatic carbocycles. The second-order valence-electron chi connectivity index (χ2n) is 5.77. The molecule has 21 heavy (non-hydrogen) atoms. The van der Waals surface area contributed by atoms with Crippen LogP contribution in [0.4, 0.5) is 0 Å². The number of halogens is 1. The van der Waals surface area contributed by atoms with Crippen LogP contribution in [0.5, 0.6) is 0 Å². The topological polar surface area (TPSA) is 18.5 Å². The van der Waals surface area contributed by atoms with E-state index >= 15 is 0 Å². The lowest BCUT2D eigenvalue weighted by Gasteiger charge is -2.24. The van der Waals surface area contributed by atoms with Crippen LogP contribution in [0.3, 0.4) is 0 Å². The van der Waals surface area contributed by atoms with Crippen molar-refractivity contribution in [3.05, 3.63) is 34.3 Å². The number of rotatable bonds is 10. The number of benzene rings is 1. The molecular formula is C17H30BrN3. The highest BCUT2D eigenvalue weighted by atomic mass is 79.9. The summed E-state index contributed by atoms with van der Waals surface area (Å²) in [7, 11) is 6.33. The Kier molecular flexibility index (Phi) is 9.16. The third-order valence-corrected chi connectivity index (χ3v) is 4.41. The molecule has 0 aromatic heterocycles. The van der Waals surface area contributed by atoms with Crippen LogP contribution in [0.15, 0.2) is 28.7 Å². The minimum absolute atomic E-state index is 0.431. The fraction of sp³-hybridized carbons (Fsp3) is 0.647. The van der Waals surface area contributed by atoms with E-state index in [1.807, 2.05) is 0 Å². The van der Waals surface area contributed by atoms with E-state index in [0.29, 0.717) is 6.04 Å². The molecule has 1 unspecified atom stereocenters. The van der Waals surface area contributed by atoms with Crippen LogP contribution >= 0.6 is 15.9 Å². The predicted octanol–water partition coefficient (Wildman–Crippen LogP) is 3.37. The van der Waals surface area contributed by atoms with Gasteiger partial charge in [-0.05, 0) is 77.9 Å². The maximum absolute atomic E-state index is 3.50. The normalized spacial score (nSPS) is 13.1. The third-order valence-electron chi connectivity index (χ3n) is 3.88. The van der Waals surface area contributed by atoms with E-state index < -0.39 is 0 Å². The van der Waals surface area contributed by atoms with Crippen LogP contribution in [0.1, 0.15) is 31.4 Å². The summed E-state index contributed by atoms with van der Waals surface area (Å²) in [6.07, 6.45) is 2.39. The molecule has 3 nitrogen and oxygen atoms in total. The summed E-state index contributed by atoms with van der Waals surface area (Å²) in [5, 5.41) is 3.44. The van der Waals surface area contributed by atoms with Crippen LogP contribution in [0, 0.1) is 0 Å². The summed E-state index contributed by atoms with van der Waals surface area (Å²) >= 11 is 3.50. The number of nitrogens with one attached hydrogen (secondary N) is 1. The maximum Gasteiger partial charge on any atom is 0.0329 e. The monoisotopic (exact) mass is 355 g/mol. The number of hydrogen-bond acceptors (Lipinski definition) is 3. The Labute approximate surface area is 138 Å². The van der Waals surface area contributed by atoms with E-state index in [-0.39, 0.29) is 0 Å². The SMILES string of the molecule is CCN(CCCN(C)C)CCC(NC)c1ccc(Br)cc1. The van der Waals surface area contributed by atoms with E-state index in [1.54, 1.807) is 0 Å². The number of hydrogen-bond donors (Lipinski definition) is 1. The summed E-state index contributed by atoms with van der Waals surface area (Å²) < 4.78 is 1.14. The predicted molar refractivity (Wildman–Crippen MR) is 95.8 cm³/mol. The molecule has 0 aliphatic rings. The Bertz CT molecular complexity index is 378. The lowest BCUT2D eigenvalue weighted by molar-refractivity contribution is 0.253. The standard InChI is InChI=1S/C17H30BrN3/c1-5-21(13-6-12-20(3)4)14-11-17(19-2)15-7-9-16(18)10-8-15/h7-10,17,19H,5-6,11-14H2,1-4H3. The average Bonchev–Trinajstić information content (AvgIpc) is 2.47. The third kappa shape index (κ3) is 7.41. The van der Waals surface area contributed by atoms with Crippen molar-refractivity contribution in [1.29, 1.82) is 0 Å². The first-order valence-electron chi connectivity index (χ1n) is 7.86. The van der Waals surface area contributed by atoms with Gasteiger partial charge in [-0.3, -0.25) is 0 Å². The van der Waals surface area contributed by atoms with Gasteiger partial charge in [0, 0.05) is 10.5 Å². The molecule has 0 aliphatic heterocycles. The van der Waals surface area contributed by atoms with Crippen molar-refractivity contribution in [2.24, 2.45) is 0 Å². The molecule has 1 aromatic carbocycles. The van der Waals surface area contributed by atoms with Crippen LogP contribution in [-0.4, -0.2) is 57.1 Å². The molecule has 1 N–H and O–H groups in total. The first-order valence-corrected chi connectivity index (χ1v) is 8.66. The number of nitrogens with zero attached hydrogens (tertiary/aromatic N) is 2. The molecule has 0 fully saturated rings. The van der Waals surface area contributed by atoms with Crippen molar-refractivity contribution < 1.29 is 0 Å². The van der Waals surface area contributed by atoms with Crippen molar-refractivity contribution in [3.8, 4) is 0 Å². The lowest BCUT2D eigenvalue weighted by Crippen LogP contribution is -2.30. The van der Waals surface area contributed by atoms with Gasteiger partial charge in [-0.15, -0.1) is 0 Å². The minimum atomic E-state index is 0.431.